The molecule has 0 aromatic heterocycles. The van der Waals surface area contributed by atoms with E-state index >= 15 is 0 Å². The molecule has 1 nitrogen and oxygen atoms in total. The van der Waals surface area contributed by atoms with Crippen molar-refractivity contribution in [2.75, 3.05) is 13.1 Å². The van der Waals surface area contributed by atoms with Crippen LogP contribution in [-0.4, -0.2) is 19.0 Å². The molecule has 0 amide bonds. The molecule has 1 unspecified atom stereocenters. The Morgan fingerprint density at radius 2 is 1.92 bits per heavy atom. The molecule has 1 aliphatic carbocycles. The molecule has 1 heterocycles. The van der Waals surface area contributed by atoms with Crippen molar-refractivity contribution in [3.05, 3.63) is 0 Å². The van der Waals surface area contributed by atoms with Crippen molar-refractivity contribution < 1.29 is 8.78 Å². The third-order valence-electron chi connectivity index (χ3n) is 3.22. The number of rotatable bonds is 0. The average molecular weight is 175 g/mol. The lowest BCUT2D eigenvalue weighted by atomic mass is 9.79. The van der Waals surface area contributed by atoms with Crippen molar-refractivity contribution in [3.8, 4) is 0 Å². The van der Waals surface area contributed by atoms with Crippen LogP contribution in [0.4, 0.5) is 8.78 Å². The van der Waals surface area contributed by atoms with Crippen LogP contribution >= 0.6 is 0 Å². The summed E-state index contributed by atoms with van der Waals surface area (Å²) in [5.41, 5.74) is -0.0538. The Morgan fingerprint density at radius 1 is 1.08 bits per heavy atom. The van der Waals surface area contributed by atoms with Gasteiger partial charge in [0.1, 0.15) is 0 Å². The van der Waals surface area contributed by atoms with Gasteiger partial charge in [-0.15, -0.1) is 0 Å². The first-order chi connectivity index (χ1) is 5.62. The smallest absolute Gasteiger partial charge is 0.248 e. The summed E-state index contributed by atoms with van der Waals surface area (Å²) in [5, 5.41) is 3.22. The molecule has 0 bridgehead atoms. The van der Waals surface area contributed by atoms with Gasteiger partial charge in [0.05, 0.1) is 0 Å². The van der Waals surface area contributed by atoms with Gasteiger partial charge in [0.25, 0.3) is 0 Å². The molecule has 2 fully saturated rings. The summed E-state index contributed by atoms with van der Waals surface area (Å²) >= 11 is 0. The molecular weight excluding hydrogens is 160 g/mol. The van der Waals surface area contributed by atoms with E-state index < -0.39 is 5.92 Å². The Morgan fingerprint density at radius 3 is 2.42 bits per heavy atom. The molecule has 1 aliphatic heterocycles. The molecule has 1 spiro atoms. The highest BCUT2D eigenvalue weighted by Crippen LogP contribution is 2.50. The Balaban J connectivity index is 2.03. The van der Waals surface area contributed by atoms with Crippen LogP contribution in [0.3, 0.4) is 0 Å². The Labute approximate surface area is 71.5 Å². The molecule has 1 saturated heterocycles. The van der Waals surface area contributed by atoms with E-state index in [1.54, 1.807) is 0 Å². The lowest BCUT2D eigenvalue weighted by molar-refractivity contribution is -0.00669. The quantitative estimate of drug-likeness (QED) is 0.595. The third-order valence-corrected chi connectivity index (χ3v) is 3.22. The van der Waals surface area contributed by atoms with Crippen LogP contribution < -0.4 is 5.32 Å². The van der Waals surface area contributed by atoms with Crippen molar-refractivity contribution in [2.24, 2.45) is 5.41 Å². The summed E-state index contributed by atoms with van der Waals surface area (Å²) in [5.74, 6) is -2.38. The van der Waals surface area contributed by atoms with Gasteiger partial charge >= 0.3 is 0 Å². The fraction of sp³-hybridized carbons (Fsp3) is 1.00. The van der Waals surface area contributed by atoms with E-state index in [0.717, 1.165) is 25.9 Å². The average Bonchev–Trinajstić information content (AvgIpc) is 2.29. The van der Waals surface area contributed by atoms with Gasteiger partial charge in [-0.2, -0.15) is 0 Å². The van der Waals surface area contributed by atoms with E-state index in [0.29, 0.717) is 6.42 Å². The predicted molar refractivity (Wildman–Crippen MR) is 43.3 cm³/mol. The summed E-state index contributed by atoms with van der Waals surface area (Å²) in [6.45, 7) is 1.82. The van der Waals surface area contributed by atoms with Crippen LogP contribution in [0.25, 0.3) is 0 Å². The third kappa shape index (κ3) is 1.47. The van der Waals surface area contributed by atoms with Crippen molar-refractivity contribution in [2.45, 2.75) is 38.0 Å². The summed E-state index contributed by atoms with van der Waals surface area (Å²) in [4.78, 5) is 0. The Bertz CT molecular complexity index is 173. The number of alkyl halides is 2. The van der Waals surface area contributed by atoms with Gasteiger partial charge in [-0.1, -0.05) is 0 Å². The van der Waals surface area contributed by atoms with Crippen LogP contribution in [0, 0.1) is 5.41 Å². The molecular formula is C9H15F2N. The van der Waals surface area contributed by atoms with Crippen LogP contribution in [-0.2, 0) is 0 Å². The topological polar surface area (TPSA) is 12.0 Å². The Hall–Kier alpha value is -0.180. The van der Waals surface area contributed by atoms with Crippen molar-refractivity contribution in [1.29, 1.82) is 0 Å². The predicted octanol–water partition coefficient (Wildman–Crippen LogP) is 2.18. The zero-order chi connectivity index (χ0) is 8.66. The minimum absolute atomic E-state index is 0.0538. The Kier molecular flexibility index (Phi) is 1.86. The van der Waals surface area contributed by atoms with E-state index in [-0.39, 0.29) is 18.3 Å². The second-order valence-electron chi connectivity index (χ2n) is 4.31. The summed E-state index contributed by atoms with van der Waals surface area (Å²) in [6, 6.07) is 0. The zero-order valence-electron chi connectivity index (χ0n) is 7.21. The fourth-order valence-electron chi connectivity index (χ4n) is 2.57. The van der Waals surface area contributed by atoms with E-state index in [9.17, 15) is 8.78 Å². The maximum absolute atomic E-state index is 12.9. The van der Waals surface area contributed by atoms with Crippen LogP contribution in [0.15, 0.2) is 0 Å². The molecule has 3 heteroatoms. The highest BCUT2D eigenvalue weighted by Gasteiger charge is 2.49. The first-order valence-corrected chi connectivity index (χ1v) is 4.71. The minimum atomic E-state index is -2.38. The van der Waals surface area contributed by atoms with E-state index in [2.05, 4.69) is 5.32 Å². The van der Waals surface area contributed by atoms with Crippen LogP contribution in [0.2, 0.25) is 0 Å². The van der Waals surface area contributed by atoms with Gasteiger partial charge in [0.2, 0.25) is 5.92 Å². The number of halogens is 2. The monoisotopic (exact) mass is 175 g/mol. The van der Waals surface area contributed by atoms with Crippen molar-refractivity contribution in [1.82, 2.24) is 5.32 Å². The first-order valence-electron chi connectivity index (χ1n) is 4.71. The lowest BCUT2D eigenvalue weighted by Crippen LogP contribution is -2.39. The molecule has 0 radical (unpaired) electrons. The largest absolute Gasteiger partial charge is 0.316 e. The zero-order valence-corrected chi connectivity index (χ0v) is 7.21. The number of piperidine rings is 1. The molecule has 12 heavy (non-hydrogen) atoms. The van der Waals surface area contributed by atoms with E-state index in [1.165, 1.54) is 0 Å². The minimum Gasteiger partial charge on any atom is -0.316 e. The highest BCUT2D eigenvalue weighted by molar-refractivity contribution is 4.96. The molecule has 2 aliphatic rings. The molecule has 2 rings (SSSR count). The molecule has 0 aromatic rings. The second kappa shape index (κ2) is 2.66. The standard InChI is InChI=1S/C9H15F2N/c10-9(11)4-3-8(6-9)2-1-5-12-7-8/h12H,1-7H2. The summed E-state index contributed by atoms with van der Waals surface area (Å²) in [7, 11) is 0. The molecule has 0 aromatic carbocycles. The van der Waals surface area contributed by atoms with Gasteiger partial charge in [0, 0.05) is 19.4 Å². The number of hydrogen-bond donors (Lipinski definition) is 1. The maximum Gasteiger partial charge on any atom is 0.248 e. The van der Waals surface area contributed by atoms with Crippen LogP contribution in [0.5, 0.6) is 0 Å². The van der Waals surface area contributed by atoms with Gasteiger partial charge in [-0.05, 0) is 31.2 Å². The number of hydrogen-bond acceptors (Lipinski definition) is 1. The van der Waals surface area contributed by atoms with Crippen LogP contribution in [0.1, 0.15) is 32.1 Å². The SMILES string of the molecule is FC1(F)CCC2(CCCNC2)C1. The summed E-state index contributed by atoms with van der Waals surface area (Å²) < 4.78 is 25.9. The fourth-order valence-corrected chi connectivity index (χ4v) is 2.57. The van der Waals surface area contributed by atoms with E-state index in [4.69, 9.17) is 0 Å². The van der Waals surface area contributed by atoms with Gasteiger partial charge < -0.3 is 5.32 Å². The first kappa shape index (κ1) is 8.42. The maximum atomic E-state index is 12.9. The van der Waals surface area contributed by atoms with Gasteiger partial charge in [-0.25, -0.2) is 8.78 Å². The van der Waals surface area contributed by atoms with E-state index in [1.807, 2.05) is 0 Å². The molecule has 1 saturated carbocycles. The van der Waals surface area contributed by atoms with Crippen molar-refractivity contribution in [3.63, 3.8) is 0 Å². The molecule has 1 atom stereocenters. The van der Waals surface area contributed by atoms with Gasteiger partial charge in [-0.3, -0.25) is 0 Å². The van der Waals surface area contributed by atoms with Crippen molar-refractivity contribution >= 4 is 0 Å². The molecule has 70 valence electrons. The summed E-state index contributed by atoms with van der Waals surface area (Å²) in [6.07, 6.45) is 3.00. The van der Waals surface area contributed by atoms with Gasteiger partial charge in [0.15, 0.2) is 0 Å². The molecule has 1 N–H and O–H groups in total. The second-order valence-corrected chi connectivity index (χ2v) is 4.31. The highest BCUT2D eigenvalue weighted by atomic mass is 19.3. The number of nitrogens with one attached hydrogen (secondary N) is 1. The normalized spacial score (nSPS) is 40.5. The lowest BCUT2D eigenvalue weighted by Gasteiger charge is -2.33.